The van der Waals surface area contributed by atoms with Crippen LogP contribution in [0.3, 0.4) is 0 Å². The molecule has 3 saturated carbocycles. The third-order valence-corrected chi connectivity index (χ3v) is 8.08. The molecule has 1 N–H and O–H groups in total. The smallest absolute Gasteiger partial charge is 0.139 e. The third kappa shape index (κ3) is 1.79. The van der Waals surface area contributed by atoms with Gasteiger partial charge in [0.1, 0.15) is 5.78 Å². The summed E-state index contributed by atoms with van der Waals surface area (Å²) in [6, 6.07) is 0. The van der Waals surface area contributed by atoms with E-state index in [1.165, 1.54) is 18.4 Å². The Kier molecular flexibility index (Phi) is 3.18. The number of aliphatic hydroxyl groups excluding tert-OH is 1. The van der Waals surface area contributed by atoms with Crippen molar-refractivity contribution in [2.45, 2.75) is 71.8 Å². The number of carbonyl (C=O) groups excluding carboxylic acids is 1. The number of hydrogen-bond acceptors (Lipinski definition) is 2. The predicted octanol–water partition coefficient (Wildman–Crippen LogP) is 4.13. The van der Waals surface area contributed by atoms with E-state index in [0.717, 1.165) is 38.0 Å². The summed E-state index contributed by atoms with van der Waals surface area (Å²) in [4.78, 5) is 12.4. The molecule has 0 heterocycles. The highest BCUT2D eigenvalue weighted by Crippen LogP contribution is 2.64. The highest BCUT2D eigenvalue weighted by atomic mass is 16.3. The van der Waals surface area contributed by atoms with Crippen molar-refractivity contribution in [1.82, 2.24) is 0 Å². The van der Waals surface area contributed by atoms with Crippen LogP contribution in [0.2, 0.25) is 0 Å². The molecular weight excluding hydrogens is 272 g/mol. The van der Waals surface area contributed by atoms with Crippen LogP contribution < -0.4 is 0 Å². The van der Waals surface area contributed by atoms with Crippen molar-refractivity contribution in [3.63, 3.8) is 0 Å². The SMILES string of the molecule is C[C@H]1CC[C@@]2(C)C(=CC(O)C3C2CC[C@]2(C)C(=O)CCC32)C1. The van der Waals surface area contributed by atoms with E-state index in [1.807, 2.05) is 0 Å². The molecule has 0 amide bonds. The van der Waals surface area contributed by atoms with Gasteiger partial charge in [-0.05, 0) is 67.6 Å². The molecule has 2 nitrogen and oxygen atoms in total. The predicted molar refractivity (Wildman–Crippen MR) is 87.3 cm³/mol. The van der Waals surface area contributed by atoms with E-state index in [0.29, 0.717) is 23.5 Å². The fraction of sp³-hybridized carbons (Fsp3) is 0.850. The number of carbonyl (C=O) groups is 1. The van der Waals surface area contributed by atoms with Gasteiger partial charge in [0.15, 0.2) is 0 Å². The van der Waals surface area contributed by atoms with E-state index >= 15 is 0 Å². The van der Waals surface area contributed by atoms with Crippen molar-refractivity contribution in [1.29, 1.82) is 0 Å². The fourth-order valence-electron chi connectivity index (χ4n) is 6.60. The quantitative estimate of drug-likeness (QED) is 0.683. The molecule has 7 atom stereocenters. The summed E-state index contributed by atoms with van der Waals surface area (Å²) in [6.07, 6.45) is 9.53. The van der Waals surface area contributed by atoms with Crippen LogP contribution in [0.5, 0.6) is 0 Å². The maximum atomic E-state index is 12.4. The number of Topliss-reactive ketones (excluding diaryl/α,β-unsaturated/α-hetero) is 1. The highest BCUT2D eigenvalue weighted by molar-refractivity contribution is 5.87. The summed E-state index contributed by atoms with van der Waals surface area (Å²) < 4.78 is 0. The zero-order chi connectivity index (χ0) is 15.7. The lowest BCUT2D eigenvalue weighted by molar-refractivity contribution is -0.135. The minimum atomic E-state index is -0.325. The molecular formula is C20H30O2. The van der Waals surface area contributed by atoms with Crippen molar-refractivity contribution < 1.29 is 9.90 Å². The van der Waals surface area contributed by atoms with E-state index in [1.54, 1.807) is 0 Å². The van der Waals surface area contributed by atoms with Crippen LogP contribution in [0.1, 0.15) is 65.7 Å². The maximum Gasteiger partial charge on any atom is 0.139 e. The lowest BCUT2D eigenvalue weighted by Gasteiger charge is -2.58. The molecule has 3 fully saturated rings. The summed E-state index contributed by atoms with van der Waals surface area (Å²) in [5.74, 6) is 2.51. The summed E-state index contributed by atoms with van der Waals surface area (Å²) in [6.45, 7) is 6.97. The molecule has 2 heteroatoms. The number of fused-ring (bicyclic) bond motifs is 5. The fourth-order valence-corrected chi connectivity index (χ4v) is 6.60. The van der Waals surface area contributed by atoms with Gasteiger partial charge in [-0.15, -0.1) is 0 Å². The molecule has 122 valence electrons. The molecule has 0 aromatic heterocycles. The van der Waals surface area contributed by atoms with Crippen molar-refractivity contribution in [3.05, 3.63) is 11.6 Å². The minimum Gasteiger partial charge on any atom is -0.389 e. The molecule has 0 radical (unpaired) electrons. The average molecular weight is 302 g/mol. The molecule has 0 saturated heterocycles. The Balaban J connectivity index is 1.75. The topological polar surface area (TPSA) is 37.3 Å². The van der Waals surface area contributed by atoms with Gasteiger partial charge in [-0.3, -0.25) is 4.79 Å². The summed E-state index contributed by atoms with van der Waals surface area (Å²) in [5.41, 5.74) is 1.66. The number of ketones is 1. The number of aliphatic hydroxyl groups is 1. The van der Waals surface area contributed by atoms with Gasteiger partial charge in [0.05, 0.1) is 6.10 Å². The van der Waals surface area contributed by atoms with Gasteiger partial charge in [-0.1, -0.05) is 32.4 Å². The number of rotatable bonds is 0. The molecule has 4 aliphatic carbocycles. The zero-order valence-electron chi connectivity index (χ0n) is 14.3. The van der Waals surface area contributed by atoms with Gasteiger partial charge in [-0.2, -0.15) is 0 Å². The lowest BCUT2D eigenvalue weighted by Crippen LogP contribution is -2.54. The Labute approximate surface area is 134 Å². The third-order valence-electron chi connectivity index (χ3n) is 8.08. The van der Waals surface area contributed by atoms with Crippen molar-refractivity contribution in [3.8, 4) is 0 Å². The Bertz CT molecular complexity index is 536. The Morgan fingerprint density at radius 1 is 1.09 bits per heavy atom. The molecule has 4 aliphatic rings. The molecule has 22 heavy (non-hydrogen) atoms. The monoisotopic (exact) mass is 302 g/mol. The van der Waals surface area contributed by atoms with Gasteiger partial charge in [-0.25, -0.2) is 0 Å². The van der Waals surface area contributed by atoms with E-state index in [4.69, 9.17) is 0 Å². The van der Waals surface area contributed by atoms with Crippen LogP contribution in [-0.4, -0.2) is 17.0 Å². The van der Waals surface area contributed by atoms with Gasteiger partial charge >= 0.3 is 0 Å². The molecule has 0 aromatic rings. The second-order valence-corrected chi connectivity index (χ2v) is 9.16. The van der Waals surface area contributed by atoms with Crippen molar-refractivity contribution in [2.24, 2.45) is 34.5 Å². The van der Waals surface area contributed by atoms with Crippen molar-refractivity contribution >= 4 is 5.78 Å². The minimum absolute atomic E-state index is 0.147. The van der Waals surface area contributed by atoms with Crippen LogP contribution >= 0.6 is 0 Å². The summed E-state index contributed by atoms with van der Waals surface area (Å²) in [7, 11) is 0. The maximum absolute atomic E-state index is 12.4. The molecule has 4 rings (SSSR count). The second-order valence-electron chi connectivity index (χ2n) is 9.16. The normalized spacial score (nSPS) is 54.3. The average Bonchev–Trinajstić information content (AvgIpc) is 2.77. The van der Waals surface area contributed by atoms with Crippen LogP contribution in [-0.2, 0) is 4.79 Å². The lowest BCUT2D eigenvalue weighted by atomic mass is 9.47. The van der Waals surface area contributed by atoms with E-state index in [9.17, 15) is 9.90 Å². The first-order valence-electron chi connectivity index (χ1n) is 9.29. The first kappa shape index (κ1) is 14.9. The second kappa shape index (κ2) is 4.69. The molecule has 4 unspecified atom stereocenters. The standard InChI is InChI=1S/C20H30O2/c1-12-6-8-19(2)13(10-12)11-16(21)18-14-4-5-17(22)20(14,3)9-7-15(18)19/h11-12,14-16,18,21H,4-10H2,1-3H3/t12-,14?,15?,16?,18?,19-,20-/m0/s1. The molecule has 0 aliphatic heterocycles. The van der Waals surface area contributed by atoms with E-state index in [-0.39, 0.29) is 16.9 Å². The summed E-state index contributed by atoms with van der Waals surface area (Å²) >= 11 is 0. The Morgan fingerprint density at radius 2 is 1.77 bits per heavy atom. The highest BCUT2D eigenvalue weighted by Gasteiger charge is 2.60. The molecule has 0 spiro atoms. The van der Waals surface area contributed by atoms with Crippen LogP contribution in [0, 0.1) is 34.5 Å². The molecule has 0 aromatic carbocycles. The molecule has 0 bridgehead atoms. The van der Waals surface area contributed by atoms with E-state index in [2.05, 4.69) is 26.8 Å². The number of allylic oxidation sites excluding steroid dienone is 1. The Hall–Kier alpha value is -0.630. The zero-order valence-corrected chi connectivity index (χ0v) is 14.3. The van der Waals surface area contributed by atoms with Gasteiger partial charge < -0.3 is 5.11 Å². The van der Waals surface area contributed by atoms with E-state index < -0.39 is 0 Å². The first-order chi connectivity index (χ1) is 10.4. The summed E-state index contributed by atoms with van der Waals surface area (Å²) in [5, 5.41) is 10.9. The van der Waals surface area contributed by atoms with Crippen LogP contribution in [0.25, 0.3) is 0 Å². The van der Waals surface area contributed by atoms with Gasteiger partial charge in [0, 0.05) is 11.8 Å². The van der Waals surface area contributed by atoms with Gasteiger partial charge in [0.25, 0.3) is 0 Å². The van der Waals surface area contributed by atoms with Crippen molar-refractivity contribution in [2.75, 3.05) is 0 Å². The Morgan fingerprint density at radius 3 is 2.55 bits per heavy atom. The van der Waals surface area contributed by atoms with Gasteiger partial charge in [0.2, 0.25) is 0 Å². The van der Waals surface area contributed by atoms with Crippen LogP contribution in [0.4, 0.5) is 0 Å². The number of hydrogen-bond donors (Lipinski definition) is 1. The van der Waals surface area contributed by atoms with Crippen LogP contribution in [0.15, 0.2) is 11.6 Å². The largest absolute Gasteiger partial charge is 0.389 e. The first-order valence-corrected chi connectivity index (χ1v) is 9.29.